The lowest BCUT2D eigenvalue weighted by Gasteiger charge is -2.26. The molecule has 29 heavy (non-hydrogen) atoms. The van der Waals surface area contributed by atoms with Gasteiger partial charge in [0.15, 0.2) is 0 Å². The van der Waals surface area contributed by atoms with Gasteiger partial charge in [-0.15, -0.1) is 0 Å². The second kappa shape index (κ2) is 8.36. The molecule has 0 saturated carbocycles. The minimum Gasteiger partial charge on any atom is -0.478 e. The maximum Gasteiger partial charge on any atom is 0.416 e. The van der Waals surface area contributed by atoms with Gasteiger partial charge in [-0.25, -0.2) is 4.79 Å². The van der Waals surface area contributed by atoms with Crippen LogP contribution in [0.4, 0.5) is 27.6 Å². The van der Waals surface area contributed by atoms with E-state index in [1.54, 1.807) is 12.1 Å². The maximum absolute atomic E-state index is 12.8. The zero-order chi connectivity index (χ0) is 21.2. The molecule has 0 aliphatic carbocycles. The van der Waals surface area contributed by atoms with Gasteiger partial charge >= 0.3 is 18.8 Å². The van der Waals surface area contributed by atoms with Crippen LogP contribution in [0.25, 0.3) is 0 Å². The fourth-order valence-electron chi connectivity index (χ4n) is 3.56. The van der Waals surface area contributed by atoms with Crippen LogP contribution in [0.3, 0.4) is 0 Å². The molecular formula is C20H18F5NO3. The number of rotatable bonds is 6. The summed E-state index contributed by atoms with van der Waals surface area (Å²) in [7, 11) is 0. The molecule has 2 atom stereocenters. The molecule has 4 nitrogen and oxygen atoms in total. The van der Waals surface area contributed by atoms with E-state index in [2.05, 4.69) is 4.74 Å². The zero-order valence-corrected chi connectivity index (χ0v) is 15.1. The van der Waals surface area contributed by atoms with Crippen molar-refractivity contribution in [3.8, 4) is 0 Å². The number of hydrogen-bond donors (Lipinski definition) is 1. The van der Waals surface area contributed by atoms with E-state index in [1.165, 1.54) is 24.3 Å². The predicted octanol–water partition coefficient (Wildman–Crippen LogP) is 5.01. The number of carboxylic acids is 1. The molecule has 3 rings (SSSR count). The minimum absolute atomic E-state index is 0.0904. The highest BCUT2D eigenvalue weighted by molar-refractivity contribution is 5.88. The van der Waals surface area contributed by atoms with Crippen LogP contribution in [0.1, 0.15) is 33.8 Å². The Morgan fingerprint density at radius 2 is 1.72 bits per heavy atom. The molecule has 0 aromatic heterocycles. The average molecular weight is 415 g/mol. The number of hydrogen-bond acceptors (Lipinski definition) is 3. The Balaban J connectivity index is 1.81. The van der Waals surface area contributed by atoms with Crippen molar-refractivity contribution in [2.75, 3.05) is 18.1 Å². The number of anilines is 1. The van der Waals surface area contributed by atoms with Crippen LogP contribution >= 0.6 is 0 Å². The first-order valence-electron chi connectivity index (χ1n) is 8.82. The average Bonchev–Trinajstić information content (AvgIpc) is 3.10. The lowest BCUT2D eigenvalue weighted by Crippen LogP contribution is -2.33. The summed E-state index contributed by atoms with van der Waals surface area (Å²) >= 11 is 0. The normalized spacial score (nSPS) is 19.7. The third-order valence-corrected chi connectivity index (χ3v) is 4.98. The van der Waals surface area contributed by atoms with Crippen LogP contribution < -0.4 is 4.90 Å². The second-order valence-corrected chi connectivity index (χ2v) is 6.80. The van der Waals surface area contributed by atoms with Gasteiger partial charge in [-0.05, 0) is 48.4 Å². The molecule has 1 heterocycles. The molecule has 1 unspecified atom stereocenters. The summed E-state index contributed by atoms with van der Waals surface area (Å²) in [6, 6.07) is 10.4. The Morgan fingerprint density at radius 1 is 1.10 bits per heavy atom. The lowest BCUT2D eigenvalue weighted by molar-refractivity contribution is -0.137. The Kier molecular flexibility index (Phi) is 6.07. The highest BCUT2D eigenvalue weighted by atomic mass is 19.4. The van der Waals surface area contributed by atoms with Crippen molar-refractivity contribution < 1.29 is 36.6 Å². The van der Waals surface area contributed by atoms with Crippen molar-refractivity contribution >= 4 is 11.7 Å². The van der Waals surface area contributed by atoms with Crippen molar-refractivity contribution in [2.45, 2.75) is 31.2 Å². The molecular weight excluding hydrogens is 397 g/mol. The zero-order valence-electron chi connectivity index (χ0n) is 15.1. The van der Waals surface area contributed by atoms with Crippen LogP contribution in [0.5, 0.6) is 0 Å². The first-order valence-corrected chi connectivity index (χ1v) is 8.82. The molecule has 1 N–H and O–H groups in total. The number of ether oxygens (including phenoxy) is 1. The smallest absolute Gasteiger partial charge is 0.416 e. The van der Waals surface area contributed by atoms with E-state index in [-0.39, 0.29) is 18.1 Å². The van der Waals surface area contributed by atoms with Crippen molar-refractivity contribution in [1.82, 2.24) is 0 Å². The quantitative estimate of drug-likeness (QED) is 0.675. The summed E-state index contributed by atoms with van der Waals surface area (Å²) in [6.45, 7) is -2.80. The fourth-order valence-corrected chi connectivity index (χ4v) is 3.56. The molecule has 9 heteroatoms. The molecule has 1 aliphatic heterocycles. The number of halogens is 5. The third-order valence-electron chi connectivity index (χ3n) is 4.98. The number of benzene rings is 2. The number of nitrogens with zero attached hydrogens (tertiary/aromatic N) is 1. The third kappa shape index (κ3) is 5.03. The SMILES string of the molecule is O=C(O)c1ccc(N2CC(c3ccc(C(F)(F)F)cc3)C[C@@H]2COC(F)F)cc1. The summed E-state index contributed by atoms with van der Waals surface area (Å²) in [4.78, 5) is 12.8. The topological polar surface area (TPSA) is 49.8 Å². The van der Waals surface area contributed by atoms with Crippen molar-refractivity contribution in [3.63, 3.8) is 0 Å². The van der Waals surface area contributed by atoms with Gasteiger partial charge in [-0.1, -0.05) is 12.1 Å². The summed E-state index contributed by atoms with van der Waals surface area (Å²) in [5.41, 5.74) is 0.641. The number of alkyl halides is 5. The summed E-state index contributed by atoms with van der Waals surface area (Å²) in [6.07, 6.45) is -4.02. The number of carboxylic acid groups (broad SMARTS) is 1. The van der Waals surface area contributed by atoms with Crippen LogP contribution in [-0.2, 0) is 10.9 Å². The summed E-state index contributed by atoms with van der Waals surface area (Å²) in [5, 5.41) is 9.01. The van der Waals surface area contributed by atoms with E-state index in [0.717, 1.165) is 12.1 Å². The fraction of sp³-hybridized carbons (Fsp3) is 0.350. The molecule has 1 saturated heterocycles. The minimum atomic E-state index is -4.43. The first kappa shape index (κ1) is 21.0. The van der Waals surface area contributed by atoms with Crippen LogP contribution in [0.2, 0.25) is 0 Å². The van der Waals surface area contributed by atoms with Gasteiger partial charge in [0.2, 0.25) is 0 Å². The Morgan fingerprint density at radius 3 is 2.24 bits per heavy atom. The van der Waals surface area contributed by atoms with E-state index >= 15 is 0 Å². The molecule has 0 spiro atoms. The Labute approximate surface area is 163 Å². The van der Waals surface area contributed by atoms with Crippen molar-refractivity contribution in [1.29, 1.82) is 0 Å². The van der Waals surface area contributed by atoms with Crippen LogP contribution in [-0.4, -0.2) is 36.9 Å². The standard InChI is InChI=1S/C20H18F5NO3/c21-19(22)29-11-17-9-14(12-1-5-15(6-2-12)20(23,24)25)10-26(17)16-7-3-13(4-8-16)18(27)28/h1-8,14,17,19H,9-11H2,(H,27,28)/t14?,17-/m1/s1. The second-order valence-electron chi connectivity index (χ2n) is 6.80. The van der Waals surface area contributed by atoms with E-state index in [4.69, 9.17) is 5.11 Å². The van der Waals surface area contributed by atoms with Gasteiger partial charge in [0.1, 0.15) is 0 Å². The van der Waals surface area contributed by atoms with Gasteiger partial charge in [0.25, 0.3) is 0 Å². The Bertz CT molecular complexity index is 837. The lowest BCUT2D eigenvalue weighted by atomic mass is 9.95. The van der Waals surface area contributed by atoms with E-state index < -0.39 is 30.4 Å². The molecule has 156 valence electrons. The predicted molar refractivity (Wildman–Crippen MR) is 95.3 cm³/mol. The molecule has 1 aliphatic rings. The molecule has 0 bridgehead atoms. The van der Waals surface area contributed by atoms with E-state index in [1.807, 2.05) is 4.90 Å². The van der Waals surface area contributed by atoms with E-state index in [0.29, 0.717) is 24.2 Å². The van der Waals surface area contributed by atoms with Crippen molar-refractivity contribution in [2.24, 2.45) is 0 Å². The highest BCUT2D eigenvalue weighted by Gasteiger charge is 2.35. The van der Waals surface area contributed by atoms with Gasteiger partial charge < -0.3 is 14.7 Å². The van der Waals surface area contributed by atoms with Crippen LogP contribution in [0, 0.1) is 0 Å². The highest BCUT2D eigenvalue weighted by Crippen LogP contribution is 2.37. The van der Waals surface area contributed by atoms with Crippen LogP contribution in [0.15, 0.2) is 48.5 Å². The number of carbonyl (C=O) groups is 1. The summed E-state index contributed by atoms with van der Waals surface area (Å²) < 4.78 is 67.8. The van der Waals surface area contributed by atoms with Gasteiger partial charge in [0.05, 0.1) is 23.8 Å². The Hall–Kier alpha value is -2.68. The van der Waals surface area contributed by atoms with Gasteiger partial charge in [-0.3, -0.25) is 0 Å². The van der Waals surface area contributed by atoms with E-state index in [9.17, 15) is 26.7 Å². The number of aromatic carboxylic acids is 1. The monoisotopic (exact) mass is 415 g/mol. The maximum atomic E-state index is 12.8. The molecule has 0 radical (unpaired) electrons. The van der Waals surface area contributed by atoms with Gasteiger partial charge in [0, 0.05) is 18.2 Å². The molecule has 0 amide bonds. The molecule has 2 aromatic carbocycles. The van der Waals surface area contributed by atoms with Gasteiger partial charge in [-0.2, -0.15) is 22.0 Å². The first-order chi connectivity index (χ1) is 13.6. The largest absolute Gasteiger partial charge is 0.478 e. The molecule has 2 aromatic rings. The summed E-state index contributed by atoms with van der Waals surface area (Å²) in [5.74, 6) is -1.26. The molecule has 1 fully saturated rings. The van der Waals surface area contributed by atoms with Crippen molar-refractivity contribution in [3.05, 3.63) is 65.2 Å².